The molecule has 0 spiro atoms. The molecule has 1 atom stereocenters. The van der Waals surface area contributed by atoms with Crippen molar-refractivity contribution in [3.05, 3.63) is 35.6 Å². The molecule has 0 aliphatic carbocycles. The Morgan fingerprint density at radius 1 is 1.53 bits per heavy atom. The summed E-state index contributed by atoms with van der Waals surface area (Å²) in [7, 11) is 0. The number of hydrogen-bond donors (Lipinski definition) is 1. The van der Waals surface area contributed by atoms with Crippen LogP contribution in [0.2, 0.25) is 0 Å². The van der Waals surface area contributed by atoms with Crippen LogP contribution in [0.4, 0.5) is 4.39 Å². The van der Waals surface area contributed by atoms with E-state index in [-0.39, 0.29) is 18.1 Å². The molecule has 1 fully saturated rings. The van der Waals surface area contributed by atoms with E-state index in [1.54, 1.807) is 12.1 Å². The van der Waals surface area contributed by atoms with E-state index in [2.05, 4.69) is 5.32 Å². The number of cyclic esters (lactones) is 1. The Balaban J connectivity index is 1.91. The predicted octanol–water partition coefficient (Wildman–Crippen LogP) is 0.800. The first kappa shape index (κ1) is 11.6. The highest BCUT2D eigenvalue weighted by atomic mass is 19.1. The molecule has 5 heteroatoms. The number of esters is 1. The lowest BCUT2D eigenvalue weighted by Crippen LogP contribution is -2.38. The van der Waals surface area contributed by atoms with Crippen LogP contribution in [0, 0.1) is 5.82 Å². The van der Waals surface area contributed by atoms with E-state index in [0.29, 0.717) is 18.6 Å². The fourth-order valence-electron chi connectivity index (χ4n) is 1.70. The highest BCUT2D eigenvalue weighted by Crippen LogP contribution is 2.07. The second-order valence-electron chi connectivity index (χ2n) is 3.88. The molecule has 2 rings (SSSR count). The average Bonchev–Trinajstić information content (AvgIpc) is 2.64. The number of carbonyl (C=O) groups is 2. The van der Waals surface area contributed by atoms with Crippen molar-refractivity contribution in [1.82, 2.24) is 5.32 Å². The summed E-state index contributed by atoms with van der Waals surface area (Å²) in [4.78, 5) is 22.7. The van der Waals surface area contributed by atoms with Crippen LogP contribution < -0.4 is 5.32 Å². The summed E-state index contributed by atoms with van der Waals surface area (Å²) < 4.78 is 17.6. The molecule has 1 heterocycles. The van der Waals surface area contributed by atoms with Crippen molar-refractivity contribution in [2.75, 3.05) is 6.61 Å². The number of halogens is 1. The van der Waals surface area contributed by atoms with Gasteiger partial charge in [0.15, 0.2) is 0 Å². The molecule has 1 aliphatic heterocycles. The molecule has 0 radical (unpaired) electrons. The molecule has 0 unspecified atom stereocenters. The molecule has 90 valence electrons. The monoisotopic (exact) mass is 237 g/mol. The number of benzene rings is 1. The molecule has 0 saturated carbocycles. The minimum absolute atomic E-state index is 0.0571. The quantitative estimate of drug-likeness (QED) is 0.791. The highest BCUT2D eigenvalue weighted by molar-refractivity contribution is 5.86. The van der Waals surface area contributed by atoms with Gasteiger partial charge < -0.3 is 10.1 Å². The minimum atomic E-state index is -0.559. The van der Waals surface area contributed by atoms with E-state index in [1.165, 1.54) is 12.1 Å². The Kier molecular flexibility index (Phi) is 3.37. The molecule has 1 saturated heterocycles. The summed E-state index contributed by atoms with van der Waals surface area (Å²) in [6.45, 7) is 0.337. The zero-order chi connectivity index (χ0) is 12.3. The molecule has 17 heavy (non-hydrogen) atoms. The number of amides is 1. The fraction of sp³-hybridized carbons (Fsp3) is 0.333. The van der Waals surface area contributed by atoms with Gasteiger partial charge in [0.2, 0.25) is 5.91 Å². The van der Waals surface area contributed by atoms with Crippen molar-refractivity contribution in [1.29, 1.82) is 0 Å². The molecule has 1 aromatic carbocycles. The SMILES string of the molecule is O=C(Cc1cccc(F)c1)N[C@H]1CCOC1=O. The largest absolute Gasteiger partial charge is 0.464 e. The standard InChI is InChI=1S/C12H12FNO3/c13-9-3-1-2-8(6-9)7-11(15)14-10-4-5-17-12(10)16/h1-3,6,10H,4-5,7H2,(H,14,15)/t10-/m0/s1. The third-order valence-electron chi connectivity index (χ3n) is 2.52. The first-order valence-electron chi connectivity index (χ1n) is 5.35. The van der Waals surface area contributed by atoms with E-state index >= 15 is 0 Å². The first-order valence-corrected chi connectivity index (χ1v) is 5.35. The summed E-state index contributed by atoms with van der Waals surface area (Å²) in [5.74, 6) is -1.09. The van der Waals surface area contributed by atoms with Crippen molar-refractivity contribution in [2.24, 2.45) is 0 Å². The molecule has 1 aliphatic rings. The zero-order valence-corrected chi connectivity index (χ0v) is 9.11. The Hall–Kier alpha value is -1.91. The van der Waals surface area contributed by atoms with Gasteiger partial charge in [-0.05, 0) is 17.7 Å². The Bertz CT molecular complexity index is 447. The summed E-state index contributed by atoms with van der Waals surface area (Å²) >= 11 is 0. The van der Waals surface area contributed by atoms with Gasteiger partial charge in [-0.3, -0.25) is 4.79 Å². The summed E-state index contributed by atoms with van der Waals surface area (Å²) in [6.07, 6.45) is 0.551. The van der Waals surface area contributed by atoms with Crippen LogP contribution in [-0.4, -0.2) is 24.5 Å². The summed E-state index contributed by atoms with van der Waals surface area (Å²) in [5, 5.41) is 2.56. The first-order chi connectivity index (χ1) is 8.15. The molecular weight excluding hydrogens is 225 g/mol. The van der Waals surface area contributed by atoms with Gasteiger partial charge >= 0.3 is 5.97 Å². The maximum Gasteiger partial charge on any atom is 0.328 e. The van der Waals surface area contributed by atoms with Crippen LogP contribution >= 0.6 is 0 Å². The van der Waals surface area contributed by atoms with Crippen LogP contribution in [0.25, 0.3) is 0 Å². The molecule has 4 nitrogen and oxygen atoms in total. The number of carbonyl (C=O) groups excluding carboxylic acids is 2. The number of ether oxygens (including phenoxy) is 1. The normalized spacial score (nSPS) is 18.9. The maximum absolute atomic E-state index is 12.9. The number of rotatable bonds is 3. The lowest BCUT2D eigenvalue weighted by Gasteiger charge is -2.08. The van der Waals surface area contributed by atoms with Crippen molar-refractivity contribution in [3.8, 4) is 0 Å². The van der Waals surface area contributed by atoms with Crippen molar-refractivity contribution in [3.63, 3.8) is 0 Å². The fourth-order valence-corrected chi connectivity index (χ4v) is 1.70. The van der Waals surface area contributed by atoms with Gasteiger partial charge in [0.05, 0.1) is 13.0 Å². The second kappa shape index (κ2) is 4.95. The Labute approximate surface area is 97.8 Å². The Morgan fingerprint density at radius 3 is 3.00 bits per heavy atom. The van der Waals surface area contributed by atoms with Crippen LogP contribution in [-0.2, 0) is 20.7 Å². The van der Waals surface area contributed by atoms with Crippen LogP contribution in [0.5, 0.6) is 0 Å². The van der Waals surface area contributed by atoms with Crippen LogP contribution in [0.1, 0.15) is 12.0 Å². The summed E-state index contributed by atoms with van der Waals surface area (Å²) in [5.41, 5.74) is 0.578. The van der Waals surface area contributed by atoms with Gasteiger partial charge in [0.25, 0.3) is 0 Å². The number of hydrogen-bond acceptors (Lipinski definition) is 3. The van der Waals surface area contributed by atoms with E-state index < -0.39 is 12.0 Å². The Morgan fingerprint density at radius 2 is 2.35 bits per heavy atom. The molecule has 1 aromatic rings. The number of nitrogens with one attached hydrogen (secondary N) is 1. The van der Waals surface area contributed by atoms with Gasteiger partial charge in [0.1, 0.15) is 11.9 Å². The topological polar surface area (TPSA) is 55.4 Å². The minimum Gasteiger partial charge on any atom is -0.464 e. The van der Waals surface area contributed by atoms with Crippen molar-refractivity contribution >= 4 is 11.9 Å². The van der Waals surface area contributed by atoms with Crippen molar-refractivity contribution < 1.29 is 18.7 Å². The third kappa shape index (κ3) is 3.03. The van der Waals surface area contributed by atoms with Gasteiger partial charge in [-0.15, -0.1) is 0 Å². The van der Waals surface area contributed by atoms with Crippen LogP contribution in [0.3, 0.4) is 0 Å². The van der Waals surface area contributed by atoms with E-state index in [4.69, 9.17) is 4.74 Å². The smallest absolute Gasteiger partial charge is 0.328 e. The zero-order valence-electron chi connectivity index (χ0n) is 9.11. The molecule has 0 aromatic heterocycles. The maximum atomic E-state index is 12.9. The van der Waals surface area contributed by atoms with Crippen LogP contribution in [0.15, 0.2) is 24.3 Å². The van der Waals surface area contributed by atoms with Gasteiger partial charge in [-0.1, -0.05) is 12.1 Å². The van der Waals surface area contributed by atoms with Crippen molar-refractivity contribution in [2.45, 2.75) is 18.9 Å². The lowest BCUT2D eigenvalue weighted by atomic mass is 10.1. The van der Waals surface area contributed by atoms with E-state index in [0.717, 1.165) is 0 Å². The molecule has 0 bridgehead atoms. The van der Waals surface area contributed by atoms with E-state index in [9.17, 15) is 14.0 Å². The summed E-state index contributed by atoms with van der Waals surface area (Å²) in [6, 6.07) is 5.26. The van der Waals surface area contributed by atoms with Gasteiger partial charge in [-0.2, -0.15) is 0 Å². The lowest BCUT2D eigenvalue weighted by molar-refractivity contribution is -0.141. The highest BCUT2D eigenvalue weighted by Gasteiger charge is 2.27. The van der Waals surface area contributed by atoms with Gasteiger partial charge in [0, 0.05) is 6.42 Å². The predicted molar refractivity (Wildman–Crippen MR) is 57.6 cm³/mol. The second-order valence-corrected chi connectivity index (χ2v) is 3.88. The third-order valence-corrected chi connectivity index (χ3v) is 2.52. The van der Waals surface area contributed by atoms with Gasteiger partial charge in [-0.25, -0.2) is 9.18 Å². The van der Waals surface area contributed by atoms with E-state index in [1.807, 2.05) is 0 Å². The average molecular weight is 237 g/mol. The molecule has 1 amide bonds. The molecular formula is C12H12FNO3. The molecule has 1 N–H and O–H groups in total.